The first-order chi connectivity index (χ1) is 20.1. The number of ether oxygens (including phenoxy) is 1. The predicted octanol–water partition coefficient (Wildman–Crippen LogP) is 5.21. The van der Waals surface area contributed by atoms with E-state index < -0.39 is 0 Å². The molecule has 1 atom stereocenters. The Bertz CT molecular complexity index is 1550. The second kappa shape index (κ2) is 11.0. The number of anilines is 1. The van der Waals surface area contributed by atoms with Crippen LogP contribution < -0.4 is 10.5 Å². The number of fused-ring (bicyclic) bond motifs is 1. The van der Waals surface area contributed by atoms with E-state index >= 15 is 0 Å². The van der Waals surface area contributed by atoms with Crippen LogP contribution in [0.5, 0.6) is 11.5 Å². The first-order valence-corrected chi connectivity index (χ1v) is 14.7. The Balaban J connectivity index is 1.10. The van der Waals surface area contributed by atoms with Gasteiger partial charge in [0.2, 0.25) is 5.91 Å². The molecule has 3 aliphatic rings. The molecule has 0 spiro atoms. The number of carbonyl (C=O) groups is 1. The molecule has 0 bridgehead atoms. The van der Waals surface area contributed by atoms with Gasteiger partial charge in [0, 0.05) is 43.4 Å². The number of aromatic nitrogens is 4. The minimum Gasteiger partial charge on any atom is -0.457 e. The summed E-state index contributed by atoms with van der Waals surface area (Å²) in [5.74, 6) is 1.98. The summed E-state index contributed by atoms with van der Waals surface area (Å²) < 4.78 is 7.91. The van der Waals surface area contributed by atoms with Gasteiger partial charge in [0.25, 0.3) is 0 Å². The fourth-order valence-electron chi connectivity index (χ4n) is 5.90. The zero-order valence-electron chi connectivity index (χ0n) is 23.1. The summed E-state index contributed by atoms with van der Waals surface area (Å²) in [6.07, 6.45) is 12.3. The molecule has 7 rings (SSSR count). The first-order valence-electron chi connectivity index (χ1n) is 14.7. The fourth-order valence-corrected chi connectivity index (χ4v) is 5.90. The van der Waals surface area contributed by atoms with Gasteiger partial charge in [0.05, 0.1) is 11.4 Å². The highest BCUT2D eigenvalue weighted by atomic mass is 16.5. The number of hydrogen-bond donors (Lipinski definition) is 1. The van der Waals surface area contributed by atoms with Crippen molar-refractivity contribution in [1.82, 2.24) is 29.5 Å². The maximum Gasteiger partial charge on any atom is 0.246 e. The topological polar surface area (TPSA) is 102 Å². The number of amides is 1. The molecule has 0 radical (unpaired) electrons. The lowest BCUT2D eigenvalue weighted by Gasteiger charge is -2.32. The average Bonchev–Trinajstić information content (AvgIpc) is 3.95. The molecule has 4 aromatic rings. The van der Waals surface area contributed by atoms with Crippen LogP contribution in [0, 0.1) is 0 Å². The van der Waals surface area contributed by atoms with Crippen LogP contribution in [0.25, 0.3) is 22.3 Å². The van der Waals surface area contributed by atoms with Crippen LogP contribution in [0.15, 0.2) is 73.1 Å². The number of nitrogens with two attached hydrogens (primary N) is 1. The van der Waals surface area contributed by atoms with Gasteiger partial charge < -0.3 is 15.4 Å². The summed E-state index contributed by atoms with van der Waals surface area (Å²) in [6.45, 7) is 2.21. The highest BCUT2D eigenvalue weighted by Crippen LogP contribution is 2.37. The summed E-state index contributed by atoms with van der Waals surface area (Å²) in [4.78, 5) is 26.5. The molecule has 9 nitrogen and oxygen atoms in total. The van der Waals surface area contributed by atoms with Crippen LogP contribution in [-0.4, -0.2) is 67.2 Å². The van der Waals surface area contributed by atoms with Crippen LogP contribution in [0.4, 0.5) is 5.82 Å². The Kier molecular flexibility index (Phi) is 6.88. The van der Waals surface area contributed by atoms with Gasteiger partial charge >= 0.3 is 0 Å². The van der Waals surface area contributed by atoms with Crippen molar-refractivity contribution in [2.45, 2.75) is 56.7 Å². The molecule has 210 valence electrons. The summed E-state index contributed by atoms with van der Waals surface area (Å²) in [5.41, 5.74) is 8.69. The first kappa shape index (κ1) is 25.7. The second-order valence-electron chi connectivity index (χ2n) is 11.3. The van der Waals surface area contributed by atoms with Crippen molar-refractivity contribution in [1.29, 1.82) is 0 Å². The van der Waals surface area contributed by atoms with E-state index in [9.17, 15) is 4.79 Å². The number of carbonyl (C=O) groups excluding carboxylic acids is 1. The van der Waals surface area contributed by atoms with Gasteiger partial charge in [0.15, 0.2) is 5.65 Å². The number of rotatable bonds is 9. The fraction of sp³-hybridized carbons (Fsp3) is 0.375. The Morgan fingerprint density at radius 1 is 0.976 bits per heavy atom. The minimum atomic E-state index is 0.00163. The molecule has 1 aliphatic heterocycles. The number of para-hydroxylation sites is 1. The normalized spacial score (nSPS) is 19.3. The van der Waals surface area contributed by atoms with E-state index in [4.69, 9.17) is 15.6 Å². The van der Waals surface area contributed by atoms with E-state index in [0.29, 0.717) is 18.0 Å². The van der Waals surface area contributed by atoms with Crippen molar-refractivity contribution < 1.29 is 9.53 Å². The highest BCUT2D eigenvalue weighted by Gasteiger charge is 2.38. The van der Waals surface area contributed by atoms with Crippen molar-refractivity contribution in [3.8, 4) is 22.8 Å². The molecule has 2 aliphatic carbocycles. The SMILES string of the molecule is Nc1ncnc2c1c(-c1ccc(Oc3ccccc3)cc1)nn2C1CCCN(C(=O)/C=C/CN(C2CC2)C2CC2)C1. The minimum absolute atomic E-state index is 0.00163. The third kappa shape index (κ3) is 5.54. The second-order valence-corrected chi connectivity index (χ2v) is 11.3. The van der Waals surface area contributed by atoms with Crippen molar-refractivity contribution in [3.63, 3.8) is 0 Å². The van der Waals surface area contributed by atoms with Gasteiger partial charge in [-0.3, -0.25) is 9.69 Å². The van der Waals surface area contributed by atoms with Crippen molar-refractivity contribution in [2.24, 2.45) is 0 Å². The molecule has 1 amide bonds. The van der Waals surface area contributed by atoms with Crippen LogP contribution in [0.2, 0.25) is 0 Å². The molecule has 9 heteroatoms. The van der Waals surface area contributed by atoms with E-state index in [0.717, 1.165) is 66.2 Å². The monoisotopic (exact) mass is 549 g/mol. The zero-order valence-corrected chi connectivity index (χ0v) is 23.1. The molecule has 2 aromatic carbocycles. The summed E-state index contributed by atoms with van der Waals surface area (Å²) in [6, 6.07) is 19.0. The average molecular weight is 550 g/mol. The molecule has 2 N–H and O–H groups in total. The number of piperidine rings is 1. The van der Waals surface area contributed by atoms with E-state index in [2.05, 4.69) is 20.9 Å². The number of likely N-dealkylation sites (tertiary alicyclic amines) is 1. The number of benzene rings is 2. The van der Waals surface area contributed by atoms with E-state index in [1.165, 1.54) is 32.0 Å². The van der Waals surface area contributed by atoms with Crippen molar-refractivity contribution in [3.05, 3.63) is 73.1 Å². The Morgan fingerprint density at radius 2 is 1.71 bits per heavy atom. The number of nitrogen functional groups attached to an aromatic ring is 1. The molecular weight excluding hydrogens is 514 g/mol. The third-order valence-electron chi connectivity index (χ3n) is 8.29. The lowest BCUT2D eigenvalue weighted by atomic mass is 10.1. The van der Waals surface area contributed by atoms with Crippen LogP contribution in [0.3, 0.4) is 0 Å². The Morgan fingerprint density at radius 3 is 2.44 bits per heavy atom. The Hall–Kier alpha value is -4.24. The molecule has 2 saturated carbocycles. The maximum absolute atomic E-state index is 13.2. The van der Waals surface area contributed by atoms with Crippen molar-refractivity contribution in [2.75, 3.05) is 25.4 Å². The van der Waals surface area contributed by atoms with E-state index in [-0.39, 0.29) is 11.9 Å². The predicted molar refractivity (Wildman–Crippen MR) is 158 cm³/mol. The lowest BCUT2D eigenvalue weighted by molar-refractivity contribution is -0.127. The largest absolute Gasteiger partial charge is 0.457 e. The zero-order chi connectivity index (χ0) is 27.8. The Labute approximate surface area is 239 Å². The van der Waals surface area contributed by atoms with Gasteiger partial charge in [-0.15, -0.1) is 0 Å². The van der Waals surface area contributed by atoms with Gasteiger partial charge in [-0.2, -0.15) is 5.10 Å². The van der Waals surface area contributed by atoms with Crippen LogP contribution >= 0.6 is 0 Å². The smallest absolute Gasteiger partial charge is 0.246 e. The standard InChI is InChI=1S/C32H35N7O2/c33-31-29-30(22-10-16-27(17-11-22)41-26-7-2-1-3-8-26)36-39(32(29)35-21-34-31)25-6-4-18-37(20-25)28(40)9-5-19-38(23-12-13-23)24-14-15-24/h1-3,5,7-11,16-17,21,23-25H,4,6,12-15,18-20H2,(H2,33,34,35)/b9-5+. The summed E-state index contributed by atoms with van der Waals surface area (Å²) >= 11 is 0. The molecule has 2 aromatic heterocycles. The number of hydrogen-bond acceptors (Lipinski definition) is 7. The number of nitrogens with zero attached hydrogens (tertiary/aromatic N) is 6. The quantitative estimate of drug-likeness (QED) is 0.286. The summed E-state index contributed by atoms with van der Waals surface area (Å²) in [5, 5.41) is 5.75. The van der Waals surface area contributed by atoms with Crippen LogP contribution in [-0.2, 0) is 4.79 Å². The van der Waals surface area contributed by atoms with Gasteiger partial charge in [-0.1, -0.05) is 24.3 Å². The van der Waals surface area contributed by atoms with E-state index in [1.54, 1.807) is 6.08 Å². The lowest BCUT2D eigenvalue weighted by Crippen LogP contribution is -2.40. The molecule has 1 unspecified atom stereocenters. The van der Waals surface area contributed by atoms with Crippen molar-refractivity contribution >= 4 is 22.8 Å². The molecule has 3 heterocycles. The van der Waals surface area contributed by atoms with E-state index in [1.807, 2.05) is 64.2 Å². The van der Waals surface area contributed by atoms with Gasteiger partial charge in [-0.25, -0.2) is 14.6 Å². The van der Waals surface area contributed by atoms with Gasteiger partial charge in [-0.05, 0) is 74.9 Å². The van der Waals surface area contributed by atoms with Gasteiger partial charge in [0.1, 0.15) is 29.3 Å². The highest BCUT2D eigenvalue weighted by molar-refractivity contribution is 5.98. The maximum atomic E-state index is 13.2. The van der Waals surface area contributed by atoms with Crippen LogP contribution in [0.1, 0.15) is 44.6 Å². The molecular formula is C32H35N7O2. The molecule has 1 saturated heterocycles. The molecule has 3 fully saturated rings. The molecule has 41 heavy (non-hydrogen) atoms. The third-order valence-corrected chi connectivity index (χ3v) is 8.29. The summed E-state index contributed by atoms with van der Waals surface area (Å²) in [7, 11) is 0.